The SMILES string of the molecule is C[C@H](Cc1ccccc1F)NC(=O)[C@H]1C[C@H]1C. The molecule has 0 saturated heterocycles. The van der Waals surface area contributed by atoms with Crippen molar-refractivity contribution < 1.29 is 9.18 Å². The van der Waals surface area contributed by atoms with Gasteiger partial charge < -0.3 is 5.32 Å². The van der Waals surface area contributed by atoms with Crippen LogP contribution in [-0.4, -0.2) is 11.9 Å². The third-order valence-corrected chi connectivity index (χ3v) is 3.32. The molecule has 0 aromatic heterocycles. The lowest BCUT2D eigenvalue weighted by molar-refractivity contribution is -0.123. The van der Waals surface area contributed by atoms with Crippen molar-refractivity contribution in [3.8, 4) is 0 Å². The molecule has 1 saturated carbocycles. The fraction of sp³-hybridized carbons (Fsp3) is 0.500. The van der Waals surface area contributed by atoms with Gasteiger partial charge in [-0.1, -0.05) is 25.1 Å². The lowest BCUT2D eigenvalue weighted by atomic mass is 10.1. The lowest BCUT2D eigenvalue weighted by Crippen LogP contribution is -2.35. The summed E-state index contributed by atoms with van der Waals surface area (Å²) >= 11 is 0. The van der Waals surface area contributed by atoms with Crippen LogP contribution in [0.15, 0.2) is 24.3 Å². The Morgan fingerprint density at radius 1 is 1.53 bits per heavy atom. The van der Waals surface area contributed by atoms with Gasteiger partial charge >= 0.3 is 0 Å². The smallest absolute Gasteiger partial charge is 0.223 e. The lowest BCUT2D eigenvalue weighted by Gasteiger charge is -2.14. The average molecular weight is 235 g/mol. The maximum atomic E-state index is 13.4. The van der Waals surface area contributed by atoms with Gasteiger partial charge in [0.15, 0.2) is 0 Å². The third-order valence-electron chi connectivity index (χ3n) is 3.32. The van der Waals surface area contributed by atoms with Gasteiger partial charge in [-0.05, 0) is 37.3 Å². The fourth-order valence-corrected chi connectivity index (χ4v) is 2.08. The standard InChI is InChI=1S/C14H18FNO/c1-9-7-12(9)14(17)16-10(2)8-11-5-3-4-6-13(11)15/h3-6,9-10,12H,7-8H2,1-2H3,(H,16,17)/t9-,10-,12+/m1/s1. The molecule has 92 valence electrons. The first-order valence-corrected chi connectivity index (χ1v) is 6.11. The zero-order chi connectivity index (χ0) is 12.4. The molecule has 1 fully saturated rings. The van der Waals surface area contributed by atoms with Gasteiger partial charge in [0.2, 0.25) is 5.91 Å². The van der Waals surface area contributed by atoms with Crippen molar-refractivity contribution in [3.63, 3.8) is 0 Å². The van der Waals surface area contributed by atoms with E-state index in [4.69, 9.17) is 0 Å². The van der Waals surface area contributed by atoms with Crippen LogP contribution in [-0.2, 0) is 11.2 Å². The van der Waals surface area contributed by atoms with E-state index >= 15 is 0 Å². The van der Waals surface area contributed by atoms with Crippen molar-refractivity contribution in [2.75, 3.05) is 0 Å². The van der Waals surface area contributed by atoms with Crippen molar-refractivity contribution in [2.45, 2.75) is 32.7 Å². The van der Waals surface area contributed by atoms with Crippen LogP contribution in [0, 0.1) is 17.7 Å². The minimum absolute atomic E-state index is 0.0211. The molecule has 0 radical (unpaired) electrons. The van der Waals surface area contributed by atoms with Crippen LogP contribution in [0.4, 0.5) is 4.39 Å². The van der Waals surface area contributed by atoms with Crippen LogP contribution >= 0.6 is 0 Å². The zero-order valence-corrected chi connectivity index (χ0v) is 10.2. The number of hydrogen-bond acceptors (Lipinski definition) is 1. The normalized spacial score (nSPS) is 24.2. The van der Waals surface area contributed by atoms with Crippen molar-refractivity contribution >= 4 is 5.91 Å². The minimum atomic E-state index is -0.201. The van der Waals surface area contributed by atoms with Crippen molar-refractivity contribution in [2.24, 2.45) is 11.8 Å². The largest absolute Gasteiger partial charge is 0.353 e. The molecule has 17 heavy (non-hydrogen) atoms. The molecule has 0 heterocycles. The van der Waals surface area contributed by atoms with Crippen molar-refractivity contribution in [1.82, 2.24) is 5.32 Å². The summed E-state index contributed by atoms with van der Waals surface area (Å²) < 4.78 is 13.4. The topological polar surface area (TPSA) is 29.1 Å². The molecule has 1 aliphatic rings. The van der Waals surface area contributed by atoms with Gasteiger partial charge in [0, 0.05) is 12.0 Å². The molecule has 0 spiro atoms. The Kier molecular flexibility index (Phi) is 3.46. The van der Waals surface area contributed by atoms with Crippen LogP contribution in [0.1, 0.15) is 25.8 Å². The van der Waals surface area contributed by atoms with Crippen molar-refractivity contribution in [3.05, 3.63) is 35.6 Å². The van der Waals surface area contributed by atoms with Crippen LogP contribution < -0.4 is 5.32 Å². The average Bonchev–Trinajstić information content (AvgIpc) is 2.99. The zero-order valence-electron chi connectivity index (χ0n) is 10.2. The summed E-state index contributed by atoms with van der Waals surface area (Å²) in [6, 6.07) is 6.68. The molecule has 1 aliphatic carbocycles. The summed E-state index contributed by atoms with van der Waals surface area (Å²) in [7, 11) is 0. The van der Waals surface area contributed by atoms with Gasteiger partial charge in [-0.2, -0.15) is 0 Å². The molecule has 2 nitrogen and oxygen atoms in total. The minimum Gasteiger partial charge on any atom is -0.353 e. The first kappa shape index (κ1) is 12.1. The summed E-state index contributed by atoms with van der Waals surface area (Å²) in [6.07, 6.45) is 1.53. The molecule has 1 amide bonds. The van der Waals surface area contributed by atoms with E-state index in [0.717, 1.165) is 6.42 Å². The van der Waals surface area contributed by atoms with E-state index in [-0.39, 0.29) is 23.7 Å². The summed E-state index contributed by atoms with van der Waals surface area (Å²) in [4.78, 5) is 11.7. The van der Waals surface area contributed by atoms with E-state index in [0.29, 0.717) is 17.9 Å². The van der Waals surface area contributed by atoms with Gasteiger partial charge in [0.05, 0.1) is 0 Å². The highest BCUT2D eigenvalue weighted by molar-refractivity contribution is 5.81. The highest BCUT2D eigenvalue weighted by atomic mass is 19.1. The second-order valence-electron chi connectivity index (χ2n) is 5.02. The quantitative estimate of drug-likeness (QED) is 0.853. The number of benzene rings is 1. The molecule has 1 N–H and O–H groups in total. The molecule has 1 aromatic carbocycles. The van der Waals surface area contributed by atoms with Gasteiger partial charge in [-0.15, -0.1) is 0 Å². The van der Waals surface area contributed by atoms with E-state index in [1.165, 1.54) is 6.07 Å². The Morgan fingerprint density at radius 2 is 2.18 bits per heavy atom. The molecule has 3 atom stereocenters. The van der Waals surface area contributed by atoms with Crippen LogP contribution in [0.2, 0.25) is 0 Å². The molecule has 1 aromatic rings. The monoisotopic (exact) mass is 235 g/mol. The molecule has 2 rings (SSSR count). The number of rotatable bonds is 4. The number of carbonyl (C=O) groups is 1. The van der Waals surface area contributed by atoms with Crippen LogP contribution in [0.3, 0.4) is 0 Å². The molecule has 3 heteroatoms. The predicted molar refractivity (Wildman–Crippen MR) is 65.0 cm³/mol. The second kappa shape index (κ2) is 4.86. The van der Waals surface area contributed by atoms with E-state index in [1.54, 1.807) is 12.1 Å². The van der Waals surface area contributed by atoms with E-state index in [2.05, 4.69) is 12.2 Å². The summed E-state index contributed by atoms with van der Waals surface area (Å²) in [6.45, 7) is 3.99. The number of amides is 1. The maximum absolute atomic E-state index is 13.4. The third kappa shape index (κ3) is 3.05. The Balaban J connectivity index is 1.87. The summed E-state index contributed by atoms with van der Waals surface area (Å²) in [5.74, 6) is 0.600. The molecular formula is C14H18FNO. The predicted octanol–water partition coefficient (Wildman–Crippen LogP) is 2.53. The van der Waals surface area contributed by atoms with Gasteiger partial charge in [0.1, 0.15) is 5.82 Å². The first-order valence-electron chi connectivity index (χ1n) is 6.11. The van der Waals surface area contributed by atoms with E-state index in [1.807, 2.05) is 13.0 Å². The summed E-state index contributed by atoms with van der Waals surface area (Å²) in [5.41, 5.74) is 0.657. The number of hydrogen-bond donors (Lipinski definition) is 1. The van der Waals surface area contributed by atoms with E-state index in [9.17, 15) is 9.18 Å². The van der Waals surface area contributed by atoms with Crippen molar-refractivity contribution in [1.29, 1.82) is 0 Å². The first-order chi connectivity index (χ1) is 8.08. The van der Waals surface area contributed by atoms with Crippen LogP contribution in [0.25, 0.3) is 0 Å². The molecule has 0 bridgehead atoms. The highest BCUT2D eigenvalue weighted by Crippen LogP contribution is 2.37. The highest BCUT2D eigenvalue weighted by Gasteiger charge is 2.39. The van der Waals surface area contributed by atoms with Crippen LogP contribution in [0.5, 0.6) is 0 Å². The number of halogens is 1. The summed E-state index contributed by atoms with van der Waals surface area (Å²) in [5, 5.41) is 2.94. The van der Waals surface area contributed by atoms with Gasteiger partial charge in [-0.25, -0.2) is 4.39 Å². The van der Waals surface area contributed by atoms with Gasteiger partial charge in [0.25, 0.3) is 0 Å². The Bertz CT molecular complexity index is 418. The Hall–Kier alpha value is -1.38. The second-order valence-corrected chi connectivity index (χ2v) is 5.02. The maximum Gasteiger partial charge on any atom is 0.223 e. The Labute approximate surface area is 101 Å². The number of carbonyl (C=O) groups excluding carboxylic acids is 1. The Morgan fingerprint density at radius 3 is 2.76 bits per heavy atom. The van der Waals surface area contributed by atoms with E-state index < -0.39 is 0 Å². The molecular weight excluding hydrogens is 217 g/mol. The number of nitrogens with one attached hydrogen (secondary N) is 1. The van der Waals surface area contributed by atoms with Gasteiger partial charge in [-0.3, -0.25) is 4.79 Å². The molecule has 0 unspecified atom stereocenters. The molecule has 0 aliphatic heterocycles. The fourth-order valence-electron chi connectivity index (χ4n) is 2.08.